The molecule has 0 aliphatic carbocycles. The van der Waals surface area contributed by atoms with Crippen LogP contribution in [0.15, 0.2) is 0 Å². The number of likely N-dealkylation sites (tertiary alicyclic amines) is 1. The van der Waals surface area contributed by atoms with Crippen molar-refractivity contribution in [1.29, 1.82) is 0 Å². The topological polar surface area (TPSA) is 32.3 Å². The molecule has 4 heteroatoms. The highest BCUT2D eigenvalue weighted by atomic mass is 35.5. The summed E-state index contributed by atoms with van der Waals surface area (Å²) in [6.07, 6.45) is 2.88. The van der Waals surface area contributed by atoms with E-state index in [1.54, 1.807) is 0 Å². The van der Waals surface area contributed by atoms with Crippen molar-refractivity contribution in [2.24, 2.45) is 11.3 Å². The maximum atomic E-state index is 11.4. The molecule has 1 aliphatic rings. The predicted octanol–water partition coefficient (Wildman–Crippen LogP) is 2.10. The summed E-state index contributed by atoms with van der Waals surface area (Å²) in [6.45, 7) is 7.61. The second-order valence-electron chi connectivity index (χ2n) is 5.78. The standard InChI is InChI=1S/C13H25ClN2O/c1-13(2,10-15-12(17)4-7-14)11-5-8-16(3)9-6-11/h11H,4-10H2,1-3H3,(H,15,17). The van der Waals surface area contributed by atoms with E-state index in [2.05, 4.69) is 31.1 Å². The van der Waals surface area contributed by atoms with Crippen molar-refractivity contribution in [3.63, 3.8) is 0 Å². The molecular weight excluding hydrogens is 236 g/mol. The first kappa shape index (κ1) is 14.8. The fraction of sp³-hybridized carbons (Fsp3) is 0.923. The summed E-state index contributed by atoms with van der Waals surface area (Å²) >= 11 is 5.54. The Kier molecular flexibility index (Phi) is 5.74. The van der Waals surface area contributed by atoms with Gasteiger partial charge in [-0.05, 0) is 44.3 Å². The molecule has 1 saturated heterocycles. The smallest absolute Gasteiger partial charge is 0.221 e. The normalized spacial score (nSPS) is 19.3. The number of nitrogens with zero attached hydrogens (tertiary/aromatic N) is 1. The summed E-state index contributed by atoms with van der Waals surface area (Å²) in [7, 11) is 2.17. The SMILES string of the molecule is CN1CCC(C(C)(C)CNC(=O)CCCl)CC1. The van der Waals surface area contributed by atoms with Crippen LogP contribution in [0.1, 0.15) is 33.1 Å². The summed E-state index contributed by atoms with van der Waals surface area (Å²) in [4.78, 5) is 13.8. The maximum Gasteiger partial charge on any atom is 0.221 e. The Morgan fingerprint density at radius 3 is 2.53 bits per heavy atom. The van der Waals surface area contributed by atoms with Gasteiger partial charge in [0.15, 0.2) is 0 Å². The highest BCUT2D eigenvalue weighted by molar-refractivity contribution is 6.18. The van der Waals surface area contributed by atoms with Gasteiger partial charge in [0, 0.05) is 18.8 Å². The van der Waals surface area contributed by atoms with Crippen molar-refractivity contribution in [2.75, 3.05) is 32.6 Å². The van der Waals surface area contributed by atoms with Crippen LogP contribution >= 0.6 is 11.6 Å². The quantitative estimate of drug-likeness (QED) is 0.768. The molecule has 0 atom stereocenters. The van der Waals surface area contributed by atoms with Crippen LogP contribution in [0.5, 0.6) is 0 Å². The Bertz CT molecular complexity index is 248. The van der Waals surface area contributed by atoms with Crippen LogP contribution in [0.3, 0.4) is 0 Å². The van der Waals surface area contributed by atoms with Gasteiger partial charge in [0.25, 0.3) is 0 Å². The van der Waals surface area contributed by atoms with E-state index in [-0.39, 0.29) is 11.3 Å². The van der Waals surface area contributed by atoms with Gasteiger partial charge < -0.3 is 10.2 Å². The molecule has 17 heavy (non-hydrogen) atoms. The number of carbonyl (C=O) groups excluding carboxylic acids is 1. The molecule has 3 nitrogen and oxygen atoms in total. The first-order chi connectivity index (χ1) is 7.95. The zero-order chi connectivity index (χ0) is 12.9. The number of rotatable bonds is 5. The average Bonchev–Trinajstić information content (AvgIpc) is 2.28. The monoisotopic (exact) mass is 260 g/mol. The molecular formula is C13H25ClN2O. The Balaban J connectivity index is 2.36. The molecule has 0 spiro atoms. The number of hydrogen-bond acceptors (Lipinski definition) is 2. The van der Waals surface area contributed by atoms with Crippen LogP contribution in [-0.4, -0.2) is 43.4 Å². The number of halogens is 1. The molecule has 0 aromatic heterocycles. The molecule has 1 aliphatic heterocycles. The van der Waals surface area contributed by atoms with Crippen molar-refractivity contribution in [2.45, 2.75) is 33.1 Å². The van der Waals surface area contributed by atoms with E-state index in [4.69, 9.17) is 11.6 Å². The van der Waals surface area contributed by atoms with E-state index < -0.39 is 0 Å². The predicted molar refractivity (Wildman–Crippen MR) is 72.3 cm³/mol. The van der Waals surface area contributed by atoms with E-state index >= 15 is 0 Å². The molecule has 1 N–H and O–H groups in total. The minimum atomic E-state index is 0.0704. The molecule has 0 bridgehead atoms. The van der Waals surface area contributed by atoms with Gasteiger partial charge in [0.2, 0.25) is 5.91 Å². The number of alkyl halides is 1. The lowest BCUT2D eigenvalue weighted by Gasteiger charge is -2.39. The summed E-state index contributed by atoms with van der Waals surface area (Å²) in [5.74, 6) is 1.18. The minimum absolute atomic E-state index is 0.0704. The molecule has 0 aromatic carbocycles. The summed E-state index contributed by atoms with van der Waals surface area (Å²) in [5, 5.41) is 3.00. The van der Waals surface area contributed by atoms with E-state index in [1.807, 2.05) is 0 Å². The number of carbonyl (C=O) groups is 1. The third kappa shape index (κ3) is 4.84. The first-order valence-corrected chi connectivity index (χ1v) is 7.00. The van der Waals surface area contributed by atoms with Crippen LogP contribution in [0.2, 0.25) is 0 Å². The second kappa shape index (κ2) is 6.60. The van der Waals surface area contributed by atoms with Gasteiger partial charge in [-0.1, -0.05) is 13.8 Å². The Hall–Kier alpha value is -0.280. The fourth-order valence-corrected chi connectivity index (χ4v) is 2.61. The largest absolute Gasteiger partial charge is 0.356 e. The van der Waals surface area contributed by atoms with Gasteiger partial charge >= 0.3 is 0 Å². The lowest BCUT2D eigenvalue weighted by molar-refractivity contribution is -0.121. The third-order valence-corrected chi connectivity index (χ3v) is 4.08. The number of piperidine rings is 1. The Labute approximate surface area is 110 Å². The average molecular weight is 261 g/mol. The zero-order valence-electron chi connectivity index (χ0n) is 11.3. The van der Waals surface area contributed by atoms with Gasteiger partial charge in [0.1, 0.15) is 0 Å². The number of nitrogens with one attached hydrogen (secondary N) is 1. The fourth-order valence-electron chi connectivity index (χ4n) is 2.44. The van der Waals surface area contributed by atoms with E-state index in [1.165, 1.54) is 25.9 Å². The van der Waals surface area contributed by atoms with Crippen molar-refractivity contribution in [3.8, 4) is 0 Å². The van der Waals surface area contributed by atoms with E-state index in [0.29, 0.717) is 18.2 Å². The van der Waals surface area contributed by atoms with Gasteiger partial charge in [-0.25, -0.2) is 0 Å². The summed E-state index contributed by atoms with van der Waals surface area (Å²) in [5.41, 5.74) is 0.184. The molecule has 1 fully saturated rings. The molecule has 0 aromatic rings. The van der Waals surface area contributed by atoms with Crippen molar-refractivity contribution >= 4 is 17.5 Å². The van der Waals surface area contributed by atoms with Gasteiger partial charge in [-0.15, -0.1) is 11.6 Å². The van der Waals surface area contributed by atoms with Crippen LogP contribution in [0, 0.1) is 11.3 Å². The van der Waals surface area contributed by atoms with Crippen LogP contribution in [0.4, 0.5) is 0 Å². The lowest BCUT2D eigenvalue weighted by atomic mass is 9.73. The van der Waals surface area contributed by atoms with Crippen LogP contribution in [0.25, 0.3) is 0 Å². The lowest BCUT2D eigenvalue weighted by Crippen LogP contribution is -2.43. The molecule has 1 amide bonds. The van der Waals surface area contributed by atoms with Crippen molar-refractivity contribution < 1.29 is 4.79 Å². The van der Waals surface area contributed by atoms with Crippen molar-refractivity contribution in [3.05, 3.63) is 0 Å². The molecule has 0 saturated carbocycles. The Morgan fingerprint density at radius 1 is 1.41 bits per heavy atom. The molecule has 100 valence electrons. The van der Waals surface area contributed by atoms with Gasteiger partial charge in [0.05, 0.1) is 0 Å². The minimum Gasteiger partial charge on any atom is -0.356 e. The highest BCUT2D eigenvalue weighted by Gasteiger charge is 2.31. The number of amides is 1. The van der Waals surface area contributed by atoms with E-state index in [0.717, 1.165) is 6.54 Å². The molecule has 1 rings (SSSR count). The first-order valence-electron chi connectivity index (χ1n) is 6.47. The summed E-state index contributed by atoms with van der Waals surface area (Å²) < 4.78 is 0. The van der Waals surface area contributed by atoms with Gasteiger partial charge in [-0.3, -0.25) is 4.79 Å². The molecule has 0 radical (unpaired) electrons. The summed E-state index contributed by atoms with van der Waals surface area (Å²) in [6, 6.07) is 0. The molecule has 0 unspecified atom stereocenters. The third-order valence-electron chi connectivity index (χ3n) is 3.89. The Morgan fingerprint density at radius 2 is 2.00 bits per heavy atom. The van der Waals surface area contributed by atoms with Crippen LogP contribution in [-0.2, 0) is 4.79 Å². The van der Waals surface area contributed by atoms with Gasteiger partial charge in [-0.2, -0.15) is 0 Å². The second-order valence-corrected chi connectivity index (χ2v) is 6.16. The highest BCUT2D eigenvalue weighted by Crippen LogP contribution is 2.34. The molecule has 1 heterocycles. The van der Waals surface area contributed by atoms with E-state index in [9.17, 15) is 4.79 Å². The maximum absolute atomic E-state index is 11.4. The number of hydrogen-bond donors (Lipinski definition) is 1. The zero-order valence-corrected chi connectivity index (χ0v) is 12.0. The van der Waals surface area contributed by atoms with Crippen LogP contribution < -0.4 is 5.32 Å². The van der Waals surface area contributed by atoms with Crippen molar-refractivity contribution in [1.82, 2.24) is 10.2 Å².